The Balaban J connectivity index is 2.42. The highest BCUT2D eigenvalue weighted by Gasteiger charge is 2.07. The summed E-state index contributed by atoms with van der Waals surface area (Å²) in [5.41, 5.74) is 0. The highest BCUT2D eigenvalue weighted by atomic mass is 127. The zero-order valence-electron chi connectivity index (χ0n) is 5.10. The Morgan fingerprint density at radius 1 is 1.38 bits per heavy atom. The summed E-state index contributed by atoms with van der Waals surface area (Å²) in [5.74, 6) is 0.834. The van der Waals surface area contributed by atoms with E-state index in [1.165, 1.54) is 12.8 Å². The third-order valence-electron chi connectivity index (χ3n) is 1.55. The molecule has 0 aliphatic heterocycles. The number of hydrogen-bond donors (Lipinski definition) is 0. The number of rotatable bonds is 0. The molecule has 1 aliphatic carbocycles. The maximum atomic E-state index is 2.48. The van der Waals surface area contributed by atoms with E-state index < -0.39 is 0 Å². The van der Waals surface area contributed by atoms with Gasteiger partial charge in [-0.15, -0.1) is 0 Å². The Morgan fingerprint density at radius 3 is 2.50 bits per heavy atom. The molecule has 1 aliphatic rings. The molecule has 1 heteroatoms. The van der Waals surface area contributed by atoms with Gasteiger partial charge in [0.05, 0.1) is 0 Å². The number of alkyl halides is 1. The molecule has 1 unspecified atom stereocenters. The van der Waals surface area contributed by atoms with Gasteiger partial charge in [-0.25, -0.2) is 0 Å². The summed E-state index contributed by atoms with van der Waals surface area (Å²) in [5, 5.41) is 0. The van der Waals surface area contributed by atoms with Gasteiger partial charge in [0.25, 0.3) is 0 Å². The van der Waals surface area contributed by atoms with E-state index in [4.69, 9.17) is 0 Å². The molecule has 0 bridgehead atoms. The van der Waals surface area contributed by atoms with E-state index in [2.05, 4.69) is 41.7 Å². The normalized spacial score (nSPS) is 37.8. The second kappa shape index (κ2) is 2.85. The smallest absolute Gasteiger partial charge is 0.0289 e. The van der Waals surface area contributed by atoms with Gasteiger partial charge in [-0.05, 0) is 18.8 Å². The minimum absolute atomic E-state index is 0.809. The summed E-state index contributed by atoms with van der Waals surface area (Å²) in [4.78, 5) is 0. The van der Waals surface area contributed by atoms with Gasteiger partial charge in [0.15, 0.2) is 0 Å². The van der Waals surface area contributed by atoms with Crippen LogP contribution in [-0.4, -0.2) is 3.92 Å². The van der Waals surface area contributed by atoms with Crippen LogP contribution in [0.25, 0.3) is 0 Å². The van der Waals surface area contributed by atoms with Crippen molar-refractivity contribution in [1.82, 2.24) is 0 Å². The van der Waals surface area contributed by atoms with Crippen LogP contribution in [0.2, 0.25) is 0 Å². The van der Waals surface area contributed by atoms with E-state index in [-0.39, 0.29) is 0 Å². The van der Waals surface area contributed by atoms with Crippen molar-refractivity contribution < 1.29 is 0 Å². The Labute approximate surface area is 64.5 Å². The van der Waals surface area contributed by atoms with E-state index >= 15 is 0 Å². The minimum atomic E-state index is 0.809. The average Bonchev–Trinajstić information content (AvgIpc) is 1.77. The monoisotopic (exact) mass is 222 g/mol. The molecule has 0 N–H and O–H groups in total. The molecule has 0 heterocycles. The molecule has 0 aromatic rings. The van der Waals surface area contributed by atoms with Crippen LogP contribution in [0.5, 0.6) is 0 Å². The highest BCUT2D eigenvalue weighted by Crippen LogP contribution is 2.21. The Morgan fingerprint density at radius 2 is 2.12 bits per heavy atom. The quantitative estimate of drug-likeness (QED) is 0.336. The molecule has 8 heavy (non-hydrogen) atoms. The van der Waals surface area contributed by atoms with Crippen molar-refractivity contribution in [2.45, 2.75) is 23.7 Å². The van der Waals surface area contributed by atoms with Crippen molar-refractivity contribution in [3.8, 4) is 0 Å². The average molecular weight is 222 g/mol. The van der Waals surface area contributed by atoms with Crippen molar-refractivity contribution in [3.05, 3.63) is 12.2 Å². The minimum Gasteiger partial charge on any atom is -0.0847 e. The van der Waals surface area contributed by atoms with Crippen LogP contribution in [0.3, 0.4) is 0 Å². The molecule has 0 fully saturated rings. The van der Waals surface area contributed by atoms with Gasteiger partial charge < -0.3 is 0 Å². The standard InChI is InChI=1S/C7H11I/c1-6-2-4-7(8)5-3-6/h2,4,6-7H,3,5H2,1H3/t6?,7-/m1/s1. The van der Waals surface area contributed by atoms with E-state index in [9.17, 15) is 0 Å². The van der Waals surface area contributed by atoms with Crippen LogP contribution in [0.4, 0.5) is 0 Å². The van der Waals surface area contributed by atoms with Gasteiger partial charge in [0.2, 0.25) is 0 Å². The molecule has 0 aromatic heterocycles. The fourth-order valence-corrected chi connectivity index (χ4v) is 1.52. The molecule has 0 saturated carbocycles. The van der Waals surface area contributed by atoms with Crippen LogP contribution in [0.1, 0.15) is 19.8 Å². The van der Waals surface area contributed by atoms with E-state index in [1.807, 2.05) is 0 Å². The van der Waals surface area contributed by atoms with Crippen molar-refractivity contribution in [3.63, 3.8) is 0 Å². The van der Waals surface area contributed by atoms with Gasteiger partial charge >= 0.3 is 0 Å². The van der Waals surface area contributed by atoms with Gasteiger partial charge in [-0.3, -0.25) is 0 Å². The Bertz CT molecular complexity index is 84.6. The van der Waals surface area contributed by atoms with Crippen molar-refractivity contribution in [2.24, 2.45) is 5.92 Å². The molecular formula is C7H11I. The first-order valence-electron chi connectivity index (χ1n) is 3.11. The molecule has 0 nitrogen and oxygen atoms in total. The van der Waals surface area contributed by atoms with Crippen LogP contribution in [0.15, 0.2) is 12.2 Å². The van der Waals surface area contributed by atoms with Gasteiger partial charge in [0, 0.05) is 3.92 Å². The lowest BCUT2D eigenvalue weighted by Crippen LogP contribution is -2.03. The van der Waals surface area contributed by atoms with Crippen LogP contribution < -0.4 is 0 Å². The predicted octanol–water partition coefficient (Wildman–Crippen LogP) is 2.78. The predicted molar refractivity (Wildman–Crippen MR) is 45.3 cm³/mol. The van der Waals surface area contributed by atoms with Gasteiger partial charge in [-0.2, -0.15) is 0 Å². The van der Waals surface area contributed by atoms with Crippen molar-refractivity contribution >= 4 is 22.6 Å². The van der Waals surface area contributed by atoms with Crippen LogP contribution in [0, 0.1) is 5.92 Å². The summed E-state index contributed by atoms with van der Waals surface area (Å²) in [7, 11) is 0. The second-order valence-corrected chi connectivity index (χ2v) is 4.06. The number of allylic oxidation sites excluding steroid dienone is 2. The lowest BCUT2D eigenvalue weighted by Gasteiger charge is -2.14. The van der Waals surface area contributed by atoms with Crippen LogP contribution in [-0.2, 0) is 0 Å². The van der Waals surface area contributed by atoms with Gasteiger partial charge in [-0.1, -0.05) is 41.7 Å². The molecule has 0 amide bonds. The Kier molecular flexibility index (Phi) is 2.35. The molecule has 0 radical (unpaired) electrons. The van der Waals surface area contributed by atoms with Crippen molar-refractivity contribution in [1.29, 1.82) is 0 Å². The largest absolute Gasteiger partial charge is 0.0847 e. The first kappa shape index (κ1) is 6.59. The van der Waals surface area contributed by atoms with Crippen LogP contribution >= 0.6 is 22.6 Å². The topological polar surface area (TPSA) is 0 Å². The fraction of sp³-hybridized carbons (Fsp3) is 0.714. The summed E-state index contributed by atoms with van der Waals surface area (Å²) in [6.07, 6.45) is 7.39. The number of halogens is 1. The third kappa shape index (κ3) is 1.77. The van der Waals surface area contributed by atoms with E-state index in [1.54, 1.807) is 0 Å². The lowest BCUT2D eigenvalue weighted by atomic mass is 9.98. The summed E-state index contributed by atoms with van der Waals surface area (Å²) in [6, 6.07) is 0. The maximum absolute atomic E-state index is 2.48. The molecule has 1 rings (SSSR count). The highest BCUT2D eigenvalue weighted by molar-refractivity contribution is 14.1. The molecule has 0 aromatic carbocycles. The molecule has 0 saturated heterocycles. The molecule has 0 spiro atoms. The first-order chi connectivity index (χ1) is 3.79. The molecular weight excluding hydrogens is 211 g/mol. The molecule has 46 valence electrons. The maximum Gasteiger partial charge on any atom is 0.0289 e. The zero-order valence-corrected chi connectivity index (χ0v) is 7.26. The second-order valence-electron chi connectivity index (χ2n) is 2.46. The third-order valence-corrected chi connectivity index (χ3v) is 2.58. The SMILES string of the molecule is CC1C=C[C@@H](I)CC1. The summed E-state index contributed by atoms with van der Waals surface area (Å²) >= 11 is 2.48. The van der Waals surface area contributed by atoms with Gasteiger partial charge in [0.1, 0.15) is 0 Å². The van der Waals surface area contributed by atoms with E-state index in [0.29, 0.717) is 0 Å². The zero-order chi connectivity index (χ0) is 5.98. The first-order valence-corrected chi connectivity index (χ1v) is 4.36. The summed E-state index contributed by atoms with van der Waals surface area (Å²) in [6.45, 7) is 2.28. The fourth-order valence-electron chi connectivity index (χ4n) is 0.925. The summed E-state index contributed by atoms with van der Waals surface area (Å²) < 4.78 is 0.809. The van der Waals surface area contributed by atoms with Crippen molar-refractivity contribution in [2.75, 3.05) is 0 Å². The lowest BCUT2D eigenvalue weighted by molar-refractivity contribution is 0.597. The molecule has 2 atom stereocenters. The Hall–Kier alpha value is 0.470. The number of hydrogen-bond acceptors (Lipinski definition) is 0. The van der Waals surface area contributed by atoms with E-state index in [0.717, 1.165) is 9.84 Å².